The molecule has 17 heavy (non-hydrogen) atoms. The normalized spacial score (nSPS) is 33.9. The Bertz CT molecular complexity index is 277. The molecular formula is C10H18ClN3O3. The number of aliphatic imine (C=N–C) groups is 1. The minimum atomic E-state index is 0. The number of nitrogens with two attached hydrogens (primary N) is 1. The Labute approximate surface area is 106 Å². The van der Waals surface area contributed by atoms with Gasteiger partial charge in [-0.25, -0.2) is 0 Å². The summed E-state index contributed by atoms with van der Waals surface area (Å²) >= 11 is 0. The van der Waals surface area contributed by atoms with Crippen molar-refractivity contribution in [3.8, 4) is 0 Å². The third-order valence-corrected chi connectivity index (χ3v) is 2.84. The quantitative estimate of drug-likeness (QED) is 0.386. The van der Waals surface area contributed by atoms with Crippen molar-refractivity contribution in [2.24, 2.45) is 10.7 Å². The van der Waals surface area contributed by atoms with Crippen LogP contribution in [-0.2, 0) is 14.2 Å². The Balaban J connectivity index is 0.00000108. The Hall–Kier alpha value is -0.560. The maximum atomic E-state index is 5.96. The molecule has 98 valence electrons. The molecule has 0 aliphatic carbocycles. The molecule has 3 unspecified atom stereocenters. The smallest absolute Gasteiger partial charge is 0.191 e. The first-order valence-corrected chi connectivity index (χ1v) is 5.71. The van der Waals surface area contributed by atoms with Gasteiger partial charge in [-0.2, -0.15) is 0 Å². The van der Waals surface area contributed by atoms with Crippen molar-refractivity contribution in [3.63, 3.8) is 0 Å². The van der Waals surface area contributed by atoms with Crippen LogP contribution < -0.4 is 5.73 Å². The van der Waals surface area contributed by atoms with Gasteiger partial charge < -0.3 is 24.8 Å². The predicted octanol–water partition coefficient (Wildman–Crippen LogP) is -0.779. The highest BCUT2D eigenvalue weighted by molar-refractivity contribution is 5.85. The number of halogens is 1. The molecule has 6 nitrogen and oxygen atoms in total. The molecule has 0 aromatic carbocycles. The van der Waals surface area contributed by atoms with Crippen LogP contribution in [-0.4, -0.2) is 68.6 Å². The monoisotopic (exact) mass is 263 g/mol. The van der Waals surface area contributed by atoms with Gasteiger partial charge in [0.25, 0.3) is 0 Å². The minimum Gasteiger partial charge on any atom is -0.371 e. The summed E-state index contributed by atoms with van der Waals surface area (Å²) in [6.45, 7) is 4.79. The zero-order chi connectivity index (χ0) is 11.0. The molecule has 3 saturated heterocycles. The topological polar surface area (TPSA) is 79.2 Å². The maximum Gasteiger partial charge on any atom is 0.191 e. The van der Waals surface area contributed by atoms with Crippen LogP contribution in [0.1, 0.15) is 0 Å². The second kappa shape index (κ2) is 5.39. The number of hydrogen-bond donors (Lipinski definition) is 1. The van der Waals surface area contributed by atoms with E-state index in [-0.39, 0.29) is 18.5 Å². The van der Waals surface area contributed by atoms with Gasteiger partial charge in [0.1, 0.15) is 6.10 Å². The van der Waals surface area contributed by atoms with Gasteiger partial charge in [0.15, 0.2) is 5.96 Å². The maximum absolute atomic E-state index is 5.96. The molecule has 3 aliphatic rings. The minimum absolute atomic E-state index is 0. The van der Waals surface area contributed by atoms with Gasteiger partial charge in [-0.1, -0.05) is 0 Å². The van der Waals surface area contributed by atoms with Crippen molar-refractivity contribution >= 4 is 18.4 Å². The van der Waals surface area contributed by atoms with Crippen LogP contribution in [0.15, 0.2) is 4.99 Å². The van der Waals surface area contributed by atoms with E-state index in [9.17, 15) is 0 Å². The molecular weight excluding hydrogens is 246 g/mol. The summed E-state index contributed by atoms with van der Waals surface area (Å²) in [5.74, 6) is 0.585. The van der Waals surface area contributed by atoms with Crippen molar-refractivity contribution in [1.82, 2.24) is 4.90 Å². The predicted molar refractivity (Wildman–Crippen MR) is 64.5 cm³/mol. The lowest BCUT2D eigenvalue weighted by atomic mass is 10.3. The zero-order valence-electron chi connectivity index (χ0n) is 9.58. The van der Waals surface area contributed by atoms with Gasteiger partial charge in [-0.15, -0.1) is 12.4 Å². The van der Waals surface area contributed by atoms with Crippen LogP contribution in [0.2, 0.25) is 0 Å². The van der Waals surface area contributed by atoms with Crippen LogP contribution in [0.25, 0.3) is 0 Å². The zero-order valence-corrected chi connectivity index (χ0v) is 10.4. The van der Waals surface area contributed by atoms with Crippen molar-refractivity contribution in [2.45, 2.75) is 18.3 Å². The average molecular weight is 264 g/mol. The highest BCUT2D eigenvalue weighted by Crippen LogP contribution is 2.16. The van der Waals surface area contributed by atoms with E-state index in [0.717, 1.165) is 32.9 Å². The molecule has 3 atom stereocenters. The molecule has 3 heterocycles. The Kier molecular flexibility index (Phi) is 4.09. The molecule has 3 aliphatic heterocycles. The van der Waals surface area contributed by atoms with Crippen molar-refractivity contribution in [3.05, 3.63) is 0 Å². The van der Waals surface area contributed by atoms with E-state index in [1.165, 1.54) is 0 Å². The molecule has 0 spiro atoms. The van der Waals surface area contributed by atoms with E-state index < -0.39 is 0 Å². The van der Waals surface area contributed by atoms with E-state index >= 15 is 0 Å². The number of epoxide rings is 3. The van der Waals surface area contributed by atoms with Crippen LogP contribution in [0.5, 0.6) is 0 Å². The summed E-state index contributed by atoms with van der Waals surface area (Å²) in [7, 11) is 0. The Morgan fingerprint density at radius 3 is 1.94 bits per heavy atom. The molecule has 7 heteroatoms. The summed E-state index contributed by atoms with van der Waals surface area (Å²) in [6.07, 6.45) is 0.934. The second-order valence-corrected chi connectivity index (χ2v) is 4.47. The van der Waals surface area contributed by atoms with Gasteiger partial charge in [0.2, 0.25) is 0 Å². The fourth-order valence-electron chi connectivity index (χ4n) is 1.57. The molecule has 0 bridgehead atoms. The van der Waals surface area contributed by atoms with E-state index in [4.69, 9.17) is 19.9 Å². The Morgan fingerprint density at radius 1 is 1.06 bits per heavy atom. The number of rotatable bonds is 6. The SMILES string of the molecule is Cl.NC(=NCC1CO1)N(CC1CO1)CC1CO1. The van der Waals surface area contributed by atoms with E-state index in [0.29, 0.717) is 24.7 Å². The molecule has 0 saturated carbocycles. The summed E-state index contributed by atoms with van der Waals surface area (Å²) < 4.78 is 15.5. The summed E-state index contributed by atoms with van der Waals surface area (Å²) in [5, 5.41) is 0. The second-order valence-electron chi connectivity index (χ2n) is 4.47. The lowest BCUT2D eigenvalue weighted by Gasteiger charge is -2.21. The third-order valence-electron chi connectivity index (χ3n) is 2.84. The van der Waals surface area contributed by atoms with Gasteiger partial charge in [0.05, 0.1) is 38.6 Å². The van der Waals surface area contributed by atoms with E-state index in [1.54, 1.807) is 0 Å². The average Bonchev–Trinajstić information content (AvgIpc) is 3.14. The fraction of sp³-hybridized carbons (Fsp3) is 0.900. The molecule has 0 aromatic heterocycles. The molecule has 0 radical (unpaired) electrons. The van der Waals surface area contributed by atoms with E-state index in [1.807, 2.05) is 0 Å². The first kappa shape index (κ1) is 12.9. The molecule has 0 amide bonds. The highest BCUT2D eigenvalue weighted by atomic mass is 35.5. The van der Waals surface area contributed by atoms with Crippen LogP contribution in [0.3, 0.4) is 0 Å². The van der Waals surface area contributed by atoms with Gasteiger partial charge >= 0.3 is 0 Å². The van der Waals surface area contributed by atoms with Crippen molar-refractivity contribution < 1.29 is 14.2 Å². The Morgan fingerprint density at radius 2 is 1.53 bits per heavy atom. The van der Waals surface area contributed by atoms with Crippen molar-refractivity contribution in [2.75, 3.05) is 39.5 Å². The molecule has 3 fully saturated rings. The third kappa shape index (κ3) is 4.31. The van der Waals surface area contributed by atoms with Crippen LogP contribution in [0, 0.1) is 0 Å². The first-order chi connectivity index (χ1) is 7.81. The molecule has 3 rings (SSSR count). The summed E-state index contributed by atoms with van der Waals surface area (Å²) in [4.78, 5) is 6.39. The van der Waals surface area contributed by atoms with Gasteiger partial charge in [-0.05, 0) is 0 Å². The van der Waals surface area contributed by atoms with Gasteiger partial charge in [-0.3, -0.25) is 4.99 Å². The first-order valence-electron chi connectivity index (χ1n) is 5.71. The highest BCUT2D eigenvalue weighted by Gasteiger charge is 2.32. The standard InChI is InChI=1S/C10H17N3O3.ClH/c11-10(12-1-7-4-14-7)13(2-8-5-15-8)3-9-6-16-9;/h7-9H,1-6H2,(H2,11,12);1H. The number of guanidine groups is 1. The van der Waals surface area contributed by atoms with Crippen LogP contribution >= 0.6 is 12.4 Å². The summed E-state index contributed by atoms with van der Waals surface area (Å²) in [6, 6.07) is 0. The largest absolute Gasteiger partial charge is 0.371 e. The number of nitrogens with zero attached hydrogens (tertiary/aromatic N) is 2. The van der Waals surface area contributed by atoms with Crippen molar-refractivity contribution in [1.29, 1.82) is 0 Å². The number of hydrogen-bond acceptors (Lipinski definition) is 4. The lowest BCUT2D eigenvalue weighted by molar-refractivity contribution is 0.296. The molecule has 0 aromatic rings. The van der Waals surface area contributed by atoms with E-state index in [2.05, 4.69) is 9.89 Å². The summed E-state index contributed by atoms with van der Waals surface area (Å²) in [5.41, 5.74) is 5.96. The molecule has 2 N–H and O–H groups in total. The fourth-order valence-corrected chi connectivity index (χ4v) is 1.57. The van der Waals surface area contributed by atoms with Crippen LogP contribution in [0.4, 0.5) is 0 Å². The van der Waals surface area contributed by atoms with Gasteiger partial charge in [0, 0.05) is 13.1 Å². The lowest BCUT2D eigenvalue weighted by Crippen LogP contribution is -2.42. The number of ether oxygens (including phenoxy) is 3.